The van der Waals surface area contributed by atoms with E-state index in [1.807, 2.05) is 0 Å². The fraction of sp³-hybridized carbons (Fsp3) is 0.625. The number of rotatable bonds is 8. The predicted octanol–water partition coefficient (Wildman–Crippen LogP) is 3.85. The number of aryl methyl sites for hydroxylation is 1. The maximum absolute atomic E-state index is 5.87. The summed E-state index contributed by atoms with van der Waals surface area (Å²) >= 11 is 0. The molecule has 0 saturated heterocycles. The number of nitrogens with one attached hydrogen (secondary N) is 1. The van der Waals surface area contributed by atoms with Gasteiger partial charge in [-0.25, -0.2) is 0 Å². The van der Waals surface area contributed by atoms with Crippen LogP contribution in [0.2, 0.25) is 0 Å². The van der Waals surface area contributed by atoms with Crippen LogP contribution in [0.1, 0.15) is 50.8 Å². The van der Waals surface area contributed by atoms with Crippen molar-refractivity contribution in [2.24, 2.45) is 0 Å². The quantitative estimate of drug-likeness (QED) is 0.755. The first-order valence-corrected chi connectivity index (χ1v) is 7.14. The van der Waals surface area contributed by atoms with Crippen molar-refractivity contribution in [2.75, 3.05) is 13.2 Å². The fourth-order valence-electron chi connectivity index (χ4n) is 2.20. The molecular weight excluding hydrogens is 222 g/mol. The van der Waals surface area contributed by atoms with Crippen molar-refractivity contribution in [1.82, 2.24) is 5.32 Å². The SMILES string of the molecule is CCCNC(c1ccc(C)cc1)C(CC)OCC. The molecule has 0 heterocycles. The van der Waals surface area contributed by atoms with Crippen LogP contribution in [0.25, 0.3) is 0 Å². The lowest BCUT2D eigenvalue weighted by Gasteiger charge is -2.27. The molecule has 18 heavy (non-hydrogen) atoms. The Morgan fingerprint density at radius 2 is 1.78 bits per heavy atom. The van der Waals surface area contributed by atoms with E-state index >= 15 is 0 Å². The highest BCUT2D eigenvalue weighted by atomic mass is 16.5. The summed E-state index contributed by atoms with van der Waals surface area (Å²) in [6.07, 6.45) is 2.43. The minimum atomic E-state index is 0.254. The van der Waals surface area contributed by atoms with Crippen molar-refractivity contribution in [3.8, 4) is 0 Å². The van der Waals surface area contributed by atoms with E-state index in [-0.39, 0.29) is 6.10 Å². The van der Waals surface area contributed by atoms with Gasteiger partial charge in [-0.2, -0.15) is 0 Å². The Morgan fingerprint density at radius 1 is 1.11 bits per heavy atom. The number of hydrogen-bond donors (Lipinski definition) is 1. The minimum absolute atomic E-state index is 0.254. The summed E-state index contributed by atoms with van der Waals surface area (Å²) in [6.45, 7) is 10.4. The average Bonchev–Trinajstić information content (AvgIpc) is 2.39. The van der Waals surface area contributed by atoms with E-state index in [9.17, 15) is 0 Å². The van der Waals surface area contributed by atoms with Crippen LogP contribution in [0.5, 0.6) is 0 Å². The van der Waals surface area contributed by atoms with Gasteiger partial charge in [0.15, 0.2) is 0 Å². The lowest BCUT2D eigenvalue weighted by Crippen LogP contribution is -2.34. The molecule has 2 heteroatoms. The van der Waals surface area contributed by atoms with Gasteiger partial charge in [-0.3, -0.25) is 0 Å². The van der Waals surface area contributed by atoms with Crippen LogP contribution in [0.3, 0.4) is 0 Å². The lowest BCUT2D eigenvalue weighted by atomic mass is 9.98. The molecule has 1 aromatic carbocycles. The molecule has 0 saturated carbocycles. The van der Waals surface area contributed by atoms with Crippen LogP contribution in [0.15, 0.2) is 24.3 Å². The Balaban J connectivity index is 2.84. The van der Waals surface area contributed by atoms with Gasteiger partial charge < -0.3 is 10.1 Å². The van der Waals surface area contributed by atoms with E-state index in [0.717, 1.165) is 26.0 Å². The molecule has 0 bridgehead atoms. The molecule has 2 nitrogen and oxygen atoms in total. The van der Waals surface area contributed by atoms with Gasteiger partial charge in [0, 0.05) is 6.61 Å². The molecule has 0 aliphatic rings. The topological polar surface area (TPSA) is 21.3 Å². The summed E-state index contributed by atoms with van der Waals surface area (Å²) in [5, 5.41) is 3.62. The third-order valence-electron chi connectivity index (χ3n) is 3.21. The second-order valence-electron chi connectivity index (χ2n) is 4.74. The smallest absolute Gasteiger partial charge is 0.0766 e. The Labute approximate surface area is 112 Å². The first-order valence-electron chi connectivity index (χ1n) is 7.14. The zero-order chi connectivity index (χ0) is 13.4. The van der Waals surface area contributed by atoms with Gasteiger partial charge >= 0.3 is 0 Å². The lowest BCUT2D eigenvalue weighted by molar-refractivity contribution is 0.0314. The van der Waals surface area contributed by atoms with E-state index in [1.165, 1.54) is 11.1 Å². The molecule has 0 fully saturated rings. The third kappa shape index (κ3) is 4.43. The van der Waals surface area contributed by atoms with Gasteiger partial charge in [0.05, 0.1) is 12.1 Å². The summed E-state index contributed by atoms with van der Waals surface area (Å²) in [4.78, 5) is 0. The van der Waals surface area contributed by atoms with Gasteiger partial charge in [0.25, 0.3) is 0 Å². The van der Waals surface area contributed by atoms with Crippen molar-refractivity contribution in [1.29, 1.82) is 0 Å². The minimum Gasteiger partial charge on any atom is -0.377 e. The molecule has 2 atom stereocenters. The molecule has 0 amide bonds. The molecule has 0 aliphatic heterocycles. The molecule has 0 aromatic heterocycles. The first kappa shape index (κ1) is 15.2. The summed E-state index contributed by atoms with van der Waals surface area (Å²) in [6, 6.07) is 9.08. The molecular formula is C16H27NO. The highest BCUT2D eigenvalue weighted by molar-refractivity contribution is 5.25. The van der Waals surface area contributed by atoms with Crippen LogP contribution in [-0.4, -0.2) is 19.3 Å². The van der Waals surface area contributed by atoms with Crippen LogP contribution in [0, 0.1) is 6.92 Å². The second-order valence-corrected chi connectivity index (χ2v) is 4.74. The number of benzene rings is 1. The second kappa shape index (κ2) is 8.28. The van der Waals surface area contributed by atoms with Crippen molar-refractivity contribution < 1.29 is 4.74 Å². The molecule has 1 N–H and O–H groups in total. The zero-order valence-electron chi connectivity index (χ0n) is 12.2. The maximum atomic E-state index is 5.87. The molecule has 0 radical (unpaired) electrons. The normalized spacial score (nSPS) is 14.4. The van der Waals surface area contributed by atoms with Gasteiger partial charge in [-0.1, -0.05) is 43.7 Å². The van der Waals surface area contributed by atoms with Crippen LogP contribution >= 0.6 is 0 Å². The van der Waals surface area contributed by atoms with Gasteiger partial charge in [0.2, 0.25) is 0 Å². The van der Waals surface area contributed by atoms with Gasteiger partial charge in [0.1, 0.15) is 0 Å². The van der Waals surface area contributed by atoms with Crippen LogP contribution in [-0.2, 0) is 4.74 Å². The fourth-order valence-corrected chi connectivity index (χ4v) is 2.20. The summed E-state index contributed by atoms with van der Waals surface area (Å²) in [5.74, 6) is 0. The molecule has 1 aromatic rings. The number of ether oxygens (including phenoxy) is 1. The van der Waals surface area contributed by atoms with Crippen molar-refractivity contribution >= 4 is 0 Å². The molecule has 0 spiro atoms. The van der Waals surface area contributed by atoms with Crippen molar-refractivity contribution in [3.63, 3.8) is 0 Å². The van der Waals surface area contributed by atoms with Crippen LogP contribution in [0.4, 0.5) is 0 Å². The summed E-state index contributed by atoms with van der Waals surface area (Å²) in [7, 11) is 0. The van der Waals surface area contributed by atoms with Crippen molar-refractivity contribution in [3.05, 3.63) is 35.4 Å². The largest absolute Gasteiger partial charge is 0.377 e. The average molecular weight is 249 g/mol. The van der Waals surface area contributed by atoms with Crippen molar-refractivity contribution in [2.45, 2.75) is 52.7 Å². The van der Waals surface area contributed by atoms with E-state index in [1.54, 1.807) is 0 Å². The molecule has 1 rings (SSSR count). The first-order chi connectivity index (χ1) is 8.72. The molecule has 2 unspecified atom stereocenters. The molecule has 102 valence electrons. The van der Waals surface area contributed by atoms with Crippen LogP contribution < -0.4 is 5.32 Å². The highest BCUT2D eigenvalue weighted by Crippen LogP contribution is 2.22. The molecule has 0 aliphatic carbocycles. The number of hydrogen-bond acceptors (Lipinski definition) is 2. The third-order valence-corrected chi connectivity index (χ3v) is 3.21. The Kier molecular flexibility index (Phi) is 6.99. The van der Waals surface area contributed by atoms with Gasteiger partial charge in [-0.15, -0.1) is 0 Å². The highest BCUT2D eigenvalue weighted by Gasteiger charge is 2.21. The summed E-state index contributed by atoms with van der Waals surface area (Å²) in [5.41, 5.74) is 2.63. The summed E-state index contributed by atoms with van der Waals surface area (Å²) < 4.78 is 5.87. The van der Waals surface area contributed by atoms with Gasteiger partial charge in [-0.05, 0) is 38.8 Å². The monoisotopic (exact) mass is 249 g/mol. The standard InChI is InChI=1S/C16H27NO/c1-5-12-17-16(15(6-2)18-7-3)14-10-8-13(4)9-11-14/h8-11,15-17H,5-7,12H2,1-4H3. The predicted molar refractivity (Wildman–Crippen MR) is 77.9 cm³/mol. The zero-order valence-corrected chi connectivity index (χ0v) is 12.2. The Bertz CT molecular complexity index is 320. The Hall–Kier alpha value is -0.860. The van der Waals surface area contributed by atoms with E-state index < -0.39 is 0 Å². The van der Waals surface area contributed by atoms with E-state index in [2.05, 4.69) is 57.3 Å². The van der Waals surface area contributed by atoms with E-state index in [0.29, 0.717) is 6.04 Å². The maximum Gasteiger partial charge on any atom is 0.0766 e. The Morgan fingerprint density at radius 3 is 2.28 bits per heavy atom. The van der Waals surface area contributed by atoms with E-state index in [4.69, 9.17) is 4.74 Å².